The number of nitrogens with zero attached hydrogens (tertiary/aromatic N) is 3. The number of anilines is 1. The van der Waals surface area contributed by atoms with E-state index in [2.05, 4.69) is 15.9 Å². The highest BCUT2D eigenvalue weighted by Crippen LogP contribution is 2.23. The molecule has 0 aromatic carbocycles. The summed E-state index contributed by atoms with van der Waals surface area (Å²) < 4.78 is 5.00. The lowest BCUT2D eigenvalue weighted by Crippen LogP contribution is -2.05. The van der Waals surface area contributed by atoms with Crippen LogP contribution in [-0.4, -0.2) is 21.5 Å². The average Bonchev–Trinajstić information content (AvgIpc) is 2.18. The highest BCUT2D eigenvalue weighted by molar-refractivity contribution is 5.41. The van der Waals surface area contributed by atoms with E-state index in [1.54, 1.807) is 0 Å². The number of hydrogen-bond acceptors (Lipinski definition) is 6. The van der Waals surface area contributed by atoms with E-state index in [0.29, 0.717) is 6.42 Å². The molecule has 7 nitrogen and oxygen atoms in total. The predicted molar refractivity (Wildman–Crippen MR) is 52.0 cm³/mol. The summed E-state index contributed by atoms with van der Waals surface area (Å²) in [5.74, 6) is 2.08. The first-order valence-electron chi connectivity index (χ1n) is 3.98. The van der Waals surface area contributed by atoms with Gasteiger partial charge in [-0.15, -0.1) is 12.3 Å². The van der Waals surface area contributed by atoms with Gasteiger partial charge in [-0.1, -0.05) is 0 Å². The summed E-state index contributed by atoms with van der Waals surface area (Å²) in [5, 5.41) is 10.5. The van der Waals surface area contributed by atoms with E-state index in [0.717, 1.165) is 6.20 Å². The number of ether oxygens (including phenoxy) is 1. The predicted octanol–water partition coefficient (Wildman–Crippen LogP) is 0.369. The Morgan fingerprint density at radius 1 is 1.73 bits per heavy atom. The van der Waals surface area contributed by atoms with Crippen molar-refractivity contribution in [2.24, 2.45) is 0 Å². The smallest absolute Gasteiger partial charge is 0.349 e. The molecule has 0 saturated heterocycles. The zero-order chi connectivity index (χ0) is 11.3. The van der Waals surface area contributed by atoms with E-state index in [-0.39, 0.29) is 24.1 Å². The van der Waals surface area contributed by atoms with Gasteiger partial charge in [0.1, 0.15) is 12.8 Å². The van der Waals surface area contributed by atoms with Crippen LogP contribution in [-0.2, 0) is 0 Å². The summed E-state index contributed by atoms with van der Waals surface area (Å²) in [7, 11) is 0. The van der Waals surface area contributed by atoms with E-state index in [9.17, 15) is 10.1 Å². The van der Waals surface area contributed by atoms with E-state index in [1.165, 1.54) is 0 Å². The van der Waals surface area contributed by atoms with Gasteiger partial charge < -0.3 is 10.5 Å². The summed E-state index contributed by atoms with van der Waals surface area (Å²) >= 11 is 0. The summed E-state index contributed by atoms with van der Waals surface area (Å²) in [6.45, 7) is 0.147. The molecule has 0 atom stereocenters. The zero-order valence-electron chi connectivity index (χ0n) is 7.71. The molecule has 1 rings (SSSR count). The van der Waals surface area contributed by atoms with Gasteiger partial charge in [0.2, 0.25) is 5.95 Å². The zero-order valence-corrected chi connectivity index (χ0v) is 7.71. The molecule has 0 unspecified atom stereocenters. The molecule has 0 saturated carbocycles. The number of nitrogens with two attached hydrogens (primary N) is 1. The van der Waals surface area contributed by atoms with Crippen molar-refractivity contribution < 1.29 is 9.66 Å². The van der Waals surface area contributed by atoms with Gasteiger partial charge in [-0.3, -0.25) is 10.1 Å². The van der Waals surface area contributed by atoms with Crippen LogP contribution < -0.4 is 10.5 Å². The van der Waals surface area contributed by atoms with Gasteiger partial charge >= 0.3 is 5.69 Å². The Morgan fingerprint density at radius 2 is 2.47 bits per heavy atom. The molecule has 0 amide bonds. The summed E-state index contributed by atoms with van der Waals surface area (Å²) in [6, 6.07) is 0. The maximum atomic E-state index is 10.5. The molecule has 0 radical (unpaired) electrons. The van der Waals surface area contributed by atoms with E-state index in [1.807, 2.05) is 0 Å². The Labute approximate surface area is 85.4 Å². The van der Waals surface area contributed by atoms with Crippen molar-refractivity contribution >= 4 is 11.6 Å². The lowest BCUT2D eigenvalue weighted by Gasteiger charge is -2.03. The number of aromatic nitrogens is 2. The van der Waals surface area contributed by atoms with Gasteiger partial charge in [-0.25, -0.2) is 4.98 Å². The second-order valence-electron chi connectivity index (χ2n) is 2.48. The van der Waals surface area contributed by atoms with E-state index in [4.69, 9.17) is 16.9 Å². The molecule has 0 spiro atoms. The SMILES string of the molecule is C#CCCOc1nc(N)ncc1[N+](=O)[O-]. The molecule has 1 aromatic rings. The Hall–Kier alpha value is -2.36. The molecule has 1 aromatic heterocycles. The van der Waals surface area contributed by atoms with Crippen molar-refractivity contribution in [2.45, 2.75) is 6.42 Å². The largest absolute Gasteiger partial charge is 0.472 e. The summed E-state index contributed by atoms with van der Waals surface area (Å²) in [4.78, 5) is 17.0. The number of nitro groups is 1. The summed E-state index contributed by atoms with van der Waals surface area (Å²) in [6.07, 6.45) is 6.33. The number of hydrogen-bond donors (Lipinski definition) is 1. The molecule has 78 valence electrons. The van der Waals surface area contributed by atoms with Crippen LogP contribution in [0.2, 0.25) is 0 Å². The van der Waals surface area contributed by atoms with Crippen LogP contribution in [0.3, 0.4) is 0 Å². The quantitative estimate of drug-likeness (QED) is 0.331. The minimum atomic E-state index is -0.648. The maximum Gasteiger partial charge on any atom is 0.349 e. The van der Waals surface area contributed by atoms with Gasteiger partial charge in [0.15, 0.2) is 0 Å². The monoisotopic (exact) mass is 208 g/mol. The third-order valence-corrected chi connectivity index (χ3v) is 1.44. The molecular weight excluding hydrogens is 200 g/mol. The van der Waals surface area contributed by atoms with Gasteiger partial charge in [-0.05, 0) is 0 Å². The van der Waals surface area contributed by atoms with Crippen molar-refractivity contribution in [2.75, 3.05) is 12.3 Å². The summed E-state index contributed by atoms with van der Waals surface area (Å²) in [5.41, 5.74) is 4.93. The number of rotatable bonds is 4. The fourth-order valence-corrected chi connectivity index (χ4v) is 0.811. The third kappa shape index (κ3) is 2.80. The standard InChI is InChI=1S/C8H8N4O3/c1-2-3-4-15-7-6(12(13)14)5-10-8(9)11-7/h1,5H,3-4H2,(H2,9,10,11). The molecular formula is C8H8N4O3. The van der Waals surface area contributed by atoms with Crippen molar-refractivity contribution in [3.8, 4) is 18.2 Å². The molecule has 0 aliphatic carbocycles. The highest BCUT2D eigenvalue weighted by Gasteiger charge is 2.17. The van der Waals surface area contributed by atoms with Crippen molar-refractivity contribution in [3.05, 3.63) is 16.3 Å². The average molecular weight is 208 g/mol. The molecule has 0 bridgehead atoms. The molecule has 0 aliphatic heterocycles. The first-order valence-corrected chi connectivity index (χ1v) is 3.98. The third-order valence-electron chi connectivity index (χ3n) is 1.44. The molecule has 15 heavy (non-hydrogen) atoms. The van der Waals surface area contributed by atoms with Gasteiger partial charge in [0.05, 0.1) is 4.92 Å². The van der Waals surface area contributed by atoms with Crippen LogP contribution in [0, 0.1) is 22.5 Å². The van der Waals surface area contributed by atoms with Crippen molar-refractivity contribution in [1.82, 2.24) is 9.97 Å². The first-order chi connectivity index (χ1) is 7.15. The van der Waals surface area contributed by atoms with Crippen LogP contribution in [0.4, 0.5) is 11.6 Å². The van der Waals surface area contributed by atoms with Crippen LogP contribution in [0.5, 0.6) is 5.88 Å². The molecule has 0 fully saturated rings. The lowest BCUT2D eigenvalue weighted by molar-refractivity contribution is -0.386. The Kier molecular flexibility index (Phi) is 3.40. The Balaban J connectivity index is 2.88. The van der Waals surface area contributed by atoms with Crippen molar-refractivity contribution in [1.29, 1.82) is 0 Å². The van der Waals surface area contributed by atoms with E-state index < -0.39 is 4.92 Å². The van der Waals surface area contributed by atoms with Gasteiger partial charge in [-0.2, -0.15) is 4.98 Å². The second kappa shape index (κ2) is 4.76. The van der Waals surface area contributed by atoms with Gasteiger partial charge in [0.25, 0.3) is 5.88 Å². The minimum Gasteiger partial charge on any atom is -0.472 e. The molecule has 7 heteroatoms. The topological polar surface area (TPSA) is 104 Å². The molecule has 2 N–H and O–H groups in total. The normalized spacial score (nSPS) is 9.27. The molecule has 1 heterocycles. The fourth-order valence-electron chi connectivity index (χ4n) is 0.811. The number of nitrogen functional groups attached to an aromatic ring is 1. The van der Waals surface area contributed by atoms with Crippen LogP contribution in [0.25, 0.3) is 0 Å². The lowest BCUT2D eigenvalue weighted by atomic mass is 10.5. The first kappa shape index (κ1) is 10.7. The maximum absolute atomic E-state index is 10.5. The van der Waals surface area contributed by atoms with Gasteiger partial charge in [0, 0.05) is 6.42 Å². The Morgan fingerprint density at radius 3 is 3.07 bits per heavy atom. The molecule has 0 aliphatic rings. The van der Waals surface area contributed by atoms with Crippen LogP contribution >= 0.6 is 0 Å². The highest BCUT2D eigenvalue weighted by atomic mass is 16.6. The minimum absolute atomic E-state index is 0.0868. The second-order valence-corrected chi connectivity index (χ2v) is 2.48. The Bertz CT molecular complexity index is 413. The fraction of sp³-hybridized carbons (Fsp3) is 0.250. The number of terminal acetylenes is 1. The van der Waals surface area contributed by atoms with Crippen molar-refractivity contribution in [3.63, 3.8) is 0 Å². The van der Waals surface area contributed by atoms with Crippen LogP contribution in [0.15, 0.2) is 6.20 Å². The van der Waals surface area contributed by atoms with E-state index >= 15 is 0 Å². The van der Waals surface area contributed by atoms with Crippen LogP contribution in [0.1, 0.15) is 6.42 Å².